The summed E-state index contributed by atoms with van der Waals surface area (Å²) in [7, 11) is 0. The number of aromatic nitrogens is 7. The molecule has 62 heavy (non-hydrogen) atoms. The Morgan fingerprint density at radius 2 is 1.05 bits per heavy atom. The van der Waals surface area contributed by atoms with E-state index < -0.39 is 0 Å². The Hall–Kier alpha value is -8.29. The highest BCUT2D eigenvalue weighted by Crippen LogP contribution is 2.41. The van der Waals surface area contributed by atoms with Gasteiger partial charge in [0.2, 0.25) is 0 Å². The van der Waals surface area contributed by atoms with Crippen LogP contribution < -0.4 is 0 Å². The highest BCUT2D eigenvalue weighted by molar-refractivity contribution is 6.10. The van der Waals surface area contributed by atoms with Crippen LogP contribution in [-0.4, -0.2) is 34.1 Å². The smallest absolute Gasteiger partial charge is 0.182 e. The quantitative estimate of drug-likeness (QED) is 0.161. The van der Waals surface area contributed by atoms with Crippen molar-refractivity contribution in [2.75, 3.05) is 0 Å². The van der Waals surface area contributed by atoms with Crippen molar-refractivity contribution in [3.05, 3.63) is 206 Å². The molecule has 0 saturated heterocycles. The molecule has 5 heterocycles. The minimum absolute atomic E-state index is 0.497. The zero-order valence-corrected chi connectivity index (χ0v) is 33.6. The monoisotopic (exact) mass is 795 g/mol. The first-order chi connectivity index (χ1) is 30.7. The Labute approximate surface area is 358 Å². The molecule has 0 bridgehead atoms. The number of nitrogens with zero attached hydrogens (tertiary/aromatic N) is 7. The average Bonchev–Trinajstić information content (AvgIpc) is 3.87. The molecule has 1 aliphatic rings. The SMILES string of the molecule is C1=Cc2c(n(-c3ccccc3)c3cccc(-c4ccc(-n5c6ccccc6c6ccc(-c7cccc(-c8nc(-c9ccccn9)nc(-c9ccccn9)n8)c7)cc65)cc4)c23)CC1. The molecule has 0 fully saturated rings. The topological polar surface area (TPSA) is 74.3 Å². The second-order valence-electron chi connectivity index (χ2n) is 15.6. The molecule has 0 unspecified atom stereocenters. The minimum atomic E-state index is 0.497. The van der Waals surface area contributed by atoms with E-state index in [2.05, 4.69) is 165 Å². The largest absolute Gasteiger partial charge is 0.313 e. The van der Waals surface area contributed by atoms with Crippen molar-refractivity contribution in [1.82, 2.24) is 34.1 Å². The lowest BCUT2D eigenvalue weighted by Gasteiger charge is -2.13. The highest BCUT2D eigenvalue weighted by atomic mass is 15.1. The average molecular weight is 796 g/mol. The molecule has 292 valence electrons. The van der Waals surface area contributed by atoms with E-state index in [9.17, 15) is 0 Å². The van der Waals surface area contributed by atoms with Gasteiger partial charge in [0.1, 0.15) is 11.4 Å². The summed E-state index contributed by atoms with van der Waals surface area (Å²) in [6, 6.07) is 61.9. The lowest BCUT2D eigenvalue weighted by molar-refractivity contribution is 0.888. The molecule has 7 heteroatoms. The fourth-order valence-electron chi connectivity index (χ4n) is 9.16. The first-order valence-corrected chi connectivity index (χ1v) is 21.0. The predicted octanol–water partition coefficient (Wildman–Crippen LogP) is 13.0. The third-order valence-electron chi connectivity index (χ3n) is 12.0. The van der Waals surface area contributed by atoms with Gasteiger partial charge in [-0.15, -0.1) is 0 Å². The maximum Gasteiger partial charge on any atom is 0.182 e. The zero-order chi connectivity index (χ0) is 41.0. The Balaban J connectivity index is 0.958. The number of allylic oxidation sites excluding steroid dienone is 1. The third-order valence-corrected chi connectivity index (χ3v) is 12.0. The van der Waals surface area contributed by atoms with Crippen LogP contribution in [0, 0.1) is 0 Å². The number of hydrogen-bond donors (Lipinski definition) is 0. The van der Waals surface area contributed by atoms with Gasteiger partial charge in [0.05, 0.1) is 16.6 Å². The molecular formula is C55H37N7. The van der Waals surface area contributed by atoms with Gasteiger partial charge in [-0.05, 0) is 108 Å². The zero-order valence-electron chi connectivity index (χ0n) is 33.6. The number of fused-ring (bicyclic) bond motifs is 6. The number of rotatable bonds is 7. The van der Waals surface area contributed by atoms with Gasteiger partial charge in [0.25, 0.3) is 0 Å². The van der Waals surface area contributed by atoms with Gasteiger partial charge in [-0.2, -0.15) is 0 Å². The van der Waals surface area contributed by atoms with Crippen LogP contribution in [-0.2, 0) is 6.42 Å². The summed E-state index contributed by atoms with van der Waals surface area (Å²) in [6.07, 6.45) is 10.2. The van der Waals surface area contributed by atoms with Crippen molar-refractivity contribution in [3.63, 3.8) is 0 Å². The highest BCUT2D eigenvalue weighted by Gasteiger charge is 2.22. The van der Waals surface area contributed by atoms with Crippen molar-refractivity contribution in [3.8, 4) is 68.1 Å². The summed E-state index contributed by atoms with van der Waals surface area (Å²) in [5, 5.41) is 3.72. The van der Waals surface area contributed by atoms with Gasteiger partial charge >= 0.3 is 0 Å². The van der Waals surface area contributed by atoms with Crippen molar-refractivity contribution in [2.45, 2.75) is 12.8 Å². The summed E-state index contributed by atoms with van der Waals surface area (Å²) in [5.74, 6) is 1.55. The van der Waals surface area contributed by atoms with Crippen LogP contribution in [0.3, 0.4) is 0 Å². The fraction of sp³-hybridized carbons (Fsp3) is 0.0364. The lowest BCUT2D eigenvalue weighted by Crippen LogP contribution is -2.02. The number of hydrogen-bond acceptors (Lipinski definition) is 5. The van der Waals surface area contributed by atoms with Crippen molar-refractivity contribution in [2.24, 2.45) is 0 Å². The van der Waals surface area contributed by atoms with E-state index >= 15 is 0 Å². The second-order valence-corrected chi connectivity index (χ2v) is 15.6. The fourth-order valence-corrected chi connectivity index (χ4v) is 9.16. The van der Waals surface area contributed by atoms with Crippen molar-refractivity contribution < 1.29 is 0 Å². The first kappa shape index (κ1) is 35.6. The van der Waals surface area contributed by atoms with Crippen LogP contribution in [0.2, 0.25) is 0 Å². The molecule has 0 aliphatic heterocycles. The standard InChI is InChI=1S/C55H37N7/c1-2-16-40(17-3-1)61-49-24-7-5-19-45(49)52-42(20-13-25-50(52)61)36-26-29-41(30-27-36)62-48-23-6-4-18-43(48)44-31-28-38(35-51(44)62)37-14-12-15-39(34-37)53-58-54(46-21-8-10-32-56-46)60-55(59-53)47-22-9-11-33-57-47/h1-6,8-23,25-35H,7,24H2. The van der Waals surface area contributed by atoms with Gasteiger partial charge in [0, 0.05) is 56.7 Å². The molecule has 12 rings (SSSR count). The number of para-hydroxylation sites is 2. The normalized spacial score (nSPS) is 12.3. The second kappa shape index (κ2) is 14.8. The van der Waals surface area contributed by atoms with E-state index in [0.29, 0.717) is 28.9 Å². The number of benzene rings is 6. The van der Waals surface area contributed by atoms with Gasteiger partial charge < -0.3 is 9.13 Å². The van der Waals surface area contributed by atoms with Crippen LogP contribution >= 0.6 is 0 Å². The Kier molecular flexibility index (Phi) is 8.49. The number of pyridine rings is 2. The van der Waals surface area contributed by atoms with Crippen molar-refractivity contribution in [1.29, 1.82) is 0 Å². The molecular weight excluding hydrogens is 759 g/mol. The first-order valence-electron chi connectivity index (χ1n) is 21.0. The molecule has 0 radical (unpaired) electrons. The van der Waals surface area contributed by atoms with E-state index in [1.807, 2.05) is 42.5 Å². The Morgan fingerprint density at radius 3 is 1.82 bits per heavy atom. The van der Waals surface area contributed by atoms with E-state index in [1.54, 1.807) is 12.4 Å². The Bertz CT molecular complexity index is 3440. The maximum absolute atomic E-state index is 4.93. The van der Waals surface area contributed by atoms with Crippen LogP contribution in [0.5, 0.6) is 0 Å². The molecule has 11 aromatic rings. The molecule has 0 saturated carbocycles. The molecule has 0 amide bonds. The summed E-state index contributed by atoms with van der Waals surface area (Å²) < 4.78 is 4.85. The molecule has 0 spiro atoms. The van der Waals surface area contributed by atoms with Gasteiger partial charge in [-0.25, -0.2) is 15.0 Å². The predicted molar refractivity (Wildman–Crippen MR) is 251 cm³/mol. The van der Waals surface area contributed by atoms with Gasteiger partial charge in [0.15, 0.2) is 17.5 Å². The molecule has 1 aliphatic carbocycles. The van der Waals surface area contributed by atoms with Crippen LogP contribution in [0.4, 0.5) is 0 Å². The Morgan fingerprint density at radius 1 is 0.419 bits per heavy atom. The lowest BCUT2D eigenvalue weighted by atomic mass is 9.95. The van der Waals surface area contributed by atoms with Crippen LogP contribution in [0.15, 0.2) is 194 Å². The molecule has 0 N–H and O–H groups in total. The van der Waals surface area contributed by atoms with E-state index in [0.717, 1.165) is 46.3 Å². The summed E-state index contributed by atoms with van der Waals surface area (Å²) in [5.41, 5.74) is 15.4. The molecule has 7 nitrogen and oxygen atoms in total. The van der Waals surface area contributed by atoms with Gasteiger partial charge in [-0.1, -0.05) is 115 Å². The van der Waals surface area contributed by atoms with E-state index in [1.165, 1.54) is 49.7 Å². The van der Waals surface area contributed by atoms with E-state index in [4.69, 9.17) is 15.0 Å². The van der Waals surface area contributed by atoms with Crippen LogP contribution in [0.1, 0.15) is 17.7 Å². The van der Waals surface area contributed by atoms with E-state index in [-0.39, 0.29) is 0 Å². The van der Waals surface area contributed by atoms with Gasteiger partial charge in [-0.3, -0.25) is 9.97 Å². The summed E-state index contributed by atoms with van der Waals surface area (Å²) in [6.45, 7) is 0. The molecule has 5 aromatic heterocycles. The summed E-state index contributed by atoms with van der Waals surface area (Å²) >= 11 is 0. The third kappa shape index (κ3) is 6.01. The van der Waals surface area contributed by atoms with Crippen LogP contribution in [0.25, 0.3) is 107 Å². The molecule has 0 atom stereocenters. The minimum Gasteiger partial charge on any atom is -0.313 e. The summed E-state index contributed by atoms with van der Waals surface area (Å²) in [4.78, 5) is 23.7. The molecule has 6 aromatic carbocycles. The maximum atomic E-state index is 4.93. The van der Waals surface area contributed by atoms with Crippen molar-refractivity contribution >= 4 is 38.8 Å².